The lowest BCUT2D eigenvalue weighted by Crippen LogP contribution is -2.13. The van der Waals surface area contributed by atoms with Crippen LogP contribution in [-0.4, -0.2) is 17.7 Å². The molecular formula is C14H13NO3. The van der Waals surface area contributed by atoms with E-state index in [0.29, 0.717) is 6.42 Å². The molecule has 2 aromatic rings. The Morgan fingerprint density at radius 3 is 2.56 bits per heavy atom. The summed E-state index contributed by atoms with van der Waals surface area (Å²) in [5.74, 6) is 0.238. The van der Waals surface area contributed by atoms with E-state index in [-0.39, 0.29) is 12.5 Å². The molecule has 0 amide bonds. The summed E-state index contributed by atoms with van der Waals surface area (Å²) in [6.07, 6.45) is 1.48. The summed E-state index contributed by atoms with van der Waals surface area (Å²) in [6.45, 7) is 0.287. The molecule has 0 spiro atoms. The Morgan fingerprint density at radius 2 is 1.83 bits per heavy atom. The minimum Gasteiger partial charge on any atom is -0.434 e. The van der Waals surface area contributed by atoms with Gasteiger partial charge in [0.25, 0.3) is 0 Å². The third-order valence-electron chi connectivity index (χ3n) is 2.28. The maximum Gasteiger partial charge on any atom is 0.515 e. The number of ether oxygens (including phenoxy) is 2. The molecule has 0 saturated heterocycles. The first-order chi connectivity index (χ1) is 8.84. The summed E-state index contributed by atoms with van der Waals surface area (Å²) in [5.41, 5.74) is 1.11. The van der Waals surface area contributed by atoms with Crippen molar-refractivity contribution in [1.82, 2.24) is 4.98 Å². The van der Waals surface area contributed by atoms with E-state index in [9.17, 15) is 4.79 Å². The molecule has 1 aromatic heterocycles. The van der Waals surface area contributed by atoms with E-state index in [1.54, 1.807) is 24.4 Å². The molecule has 0 N–H and O–H groups in total. The monoisotopic (exact) mass is 243 g/mol. The fourth-order valence-electron chi connectivity index (χ4n) is 1.42. The van der Waals surface area contributed by atoms with Gasteiger partial charge in [-0.05, 0) is 11.6 Å². The van der Waals surface area contributed by atoms with Crippen molar-refractivity contribution in [3.63, 3.8) is 0 Å². The van der Waals surface area contributed by atoms with Gasteiger partial charge in [-0.25, -0.2) is 9.78 Å². The van der Waals surface area contributed by atoms with Crippen LogP contribution in [0.4, 0.5) is 4.79 Å². The van der Waals surface area contributed by atoms with Crippen molar-refractivity contribution in [3.8, 4) is 5.88 Å². The number of carbonyl (C=O) groups is 1. The van der Waals surface area contributed by atoms with E-state index >= 15 is 0 Å². The Balaban J connectivity index is 1.73. The van der Waals surface area contributed by atoms with Crippen molar-refractivity contribution in [3.05, 3.63) is 60.3 Å². The van der Waals surface area contributed by atoms with Crippen molar-refractivity contribution < 1.29 is 14.3 Å². The summed E-state index contributed by atoms with van der Waals surface area (Å²) in [5, 5.41) is 0. The lowest BCUT2D eigenvalue weighted by molar-refractivity contribution is 0.0986. The quantitative estimate of drug-likeness (QED) is 0.775. The average Bonchev–Trinajstić information content (AvgIpc) is 2.41. The molecule has 0 saturated carbocycles. The van der Waals surface area contributed by atoms with Gasteiger partial charge in [-0.3, -0.25) is 0 Å². The lowest BCUT2D eigenvalue weighted by atomic mass is 10.2. The van der Waals surface area contributed by atoms with E-state index in [4.69, 9.17) is 9.47 Å². The maximum absolute atomic E-state index is 11.3. The van der Waals surface area contributed by atoms with E-state index < -0.39 is 6.16 Å². The number of carbonyl (C=O) groups excluding carboxylic acids is 1. The Bertz CT molecular complexity index is 485. The van der Waals surface area contributed by atoms with Crippen molar-refractivity contribution in [2.75, 3.05) is 6.61 Å². The third-order valence-corrected chi connectivity index (χ3v) is 2.28. The Hall–Kier alpha value is -2.36. The van der Waals surface area contributed by atoms with Gasteiger partial charge >= 0.3 is 6.16 Å². The summed E-state index contributed by atoms with van der Waals surface area (Å²) in [6, 6.07) is 14.9. The zero-order valence-corrected chi connectivity index (χ0v) is 9.78. The first-order valence-electron chi connectivity index (χ1n) is 5.64. The average molecular weight is 243 g/mol. The van der Waals surface area contributed by atoms with Crippen LogP contribution in [0.15, 0.2) is 54.7 Å². The standard InChI is InChI=1S/C14H13NO3/c16-14(18-13-8-4-5-10-15-13)17-11-9-12-6-2-1-3-7-12/h1-8,10H,9,11H2. The third kappa shape index (κ3) is 3.90. The molecule has 1 heterocycles. The molecule has 0 atom stereocenters. The summed E-state index contributed by atoms with van der Waals surface area (Å²) >= 11 is 0. The van der Waals surface area contributed by atoms with Gasteiger partial charge in [0.15, 0.2) is 0 Å². The SMILES string of the molecule is O=C(OCCc1ccccc1)Oc1ccccn1. The van der Waals surface area contributed by atoms with Crippen LogP contribution in [0, 0.1) is 0 Å². The smallest absolute Gasteiger partial charge is 0.434 e. The normalized spacial score (nSPS) is 9.78. The second kappa shape index (κ2) is 6.39. The largest absolute Gasteiger partial charge is 0.515 e. The molecule has 0 fully saturated rings. The van der Waals surface area contributed by atoms with Gasteiger partial charge in [0.1, 0.15) is 0 Å². The Kier molecular flexibility index (Phi) is 4.30. The van der Waals surface area contributed by atoms with Crippen LogP contribution in [0.5, 0.6) is 5.88 Å². The number of rotatable bonds is 4. The van der Waals surface area contributed by atoms with E-state index in [0.717, 1.165) is 5.56 Å². The highest BCUT2D eigenvalue weighted by Crippen LogP contribution is 2.05. The maximum atomic E-state index is 11.3. The van der Waals surface area contributed by atoms with Crippen LogP contribution >= 0.6 is 0 Å². The molecule has 18 heavy (non-hydrogen) atoms. The molecule has 0 aliphatic carbocycles. The molecular weight excluding hydrogens is 230 g/mol. The zero-order valence-electron chi connectivity index (χ0n) is 9.78. The molecule has 0 aliphatic rings. The van der Waals surface area contributed by atoms with Crippen LogP contribution in [-0.2, 0) is 11.2 Å². The molecule has 4 nitrogen and oxygen atoms in total. The summed E-state index contributed by atoms with van der Waals surface area (Å²) in [7, 11) is 0. The minimum absolute atomic E-state index is 0.238. The topological polar surface area (TPSA) is 48.4 Å². The van der Waals surface area contributed by atoms with Crippen LogP contribution in [0.2, 0.25) is 0 Å². The van der Waals surface area contributed by atoms with E-state index in [2.05, 4.69) is 4.98 Å². The number of aromatic nitrogens is 1. The van der Waals surface area contributed by atoms with Gasteiger partial charge < -0.3 is 9.47 Å². The van der Waals surface area contributed by atoms with E-state index in [1.165, 1.54) is 0 Å². The molecule has 0 bridgehead atoms. The molecule has 0 aliphatic heterocycles. The fraction of sp³-hybridized carbons (Fsp3) is 0.143. The number of benzene rings is 1. The summed E-state index contributed by atoms with van der Waals surface area (Å²) < 4.78 is 9.83. The first kappa shape index (κ1) is 12.1. The Morgan fingerprint density at radius 1 is 1.06 bits per heavy atom. The number of nitrogens with zero attached hydrogens (tertiary/aromatic N) is 1. The highest BCUT2D eigenvalue weighted by molar-refractivity contribution is 5.62. The molecule has 4 heteroatoms. The van der Waals surface area contributed by atoms with Crippen LogP contribution in [0.1, 0.15) is 5.56 Å². The predicted octanol–water partition coefficient (Wildman–Crippen LogP) is 2.84. The van der Waals surface area contributed by atoms with Gasteiger partial charge in [-0.15, -0.1) is 0 Å². The number of hydrogen-bond acceptors (Lipinski definition) is 4. The van der Waals surface area contributed by atoms with Gasteiger partial charge in [0, 0.05) is 18.7 Å². The second-order valence-corrected chi connectivity index (χ2v) is 3.60. The fourth-order valence-corrected chi connectivity index (χ4v) is 1.42. The summed E-state index contributed by atoms with van der Waals surface area (Å²) in [4.78, 5) is 15.2. The number of hydrogen-bond donors (Lipinski definition) is 0. The zero-order chi connectivity index (χ0) is 12.6. The minimum atomic E-state index is -0.732. The molecule has 0 radical (unpaired) electrons. The molecule has 2 rings (SSSR count). The van der Waals surface area contributed by atoms with Gasteiger partial charge in [0.05, 0.1) is 6.61 Å². The highest BCUT2D eigenvalue weighted by atomic mass is 16.7. The Labute approximate surface area is 105 Å². The van der Waals surface area contributed by atoms with Crippen molar-refractivity contribution in [2.45, 2.75) is 6.42 Å². The van der Waals surface area contributed by atoms with Crippen molar-refractivity contribution in [2.24, 2.45) is 0 Å². The van der Waals surface area contributed by atoms with Crippen LogP contribution in [0.3, 0.4) is 0 Å². The van der Waals surface area contributed by atoms with Gasteiger partial charge in [-0.1, -0.05) is 36.4 Å². The first-order valence-corrected chi connectivity index (χ1v) is 5.64. The molecule has 1 aromatic carbocycles. The lowest BCUT2D eigenvalue weighted by Gasteiger charge is -2.04. The predicted molar refractivity (Wildman–Crippen MR) is 66.4 cm³/mol. The van der Waals surface area contributed by atoms with Crippen LogP contribution in [0.25, 0.3) is 0 Å². The number of pyridine rings is 1. The second-order valence-electron chi connectivity index (χ2n) is 3.60. The van der Waals surface area contributed by atoms with E-state index in [1.807, 2.05) is 30.3 Å². The highest BCUT2D eigenvalue weighted by Gasteiger charge is 2.06. The van der Waals surface area contributed by atoms with Crippen molar-refractivity contribution >= 4 is 6.16 Å². The van der Waals surface area contributed by atoms with Crippen molar-refractivity contribution in [1.29, 1.82) is 0 Å². The molecule has 0 unspecified atom stereocenters. The molecule has 92 valence electrons. The van der Waals surface area contributed by atoms with Gasteiger partial charge in [0.2, 0.25) is 5.88 Å². The van der Waals surface area contributed by atoms with Gasteiger partial charge in [-0.2, -0.15) is 0 Å². The van der Waals surface area contributed by atoms with Crippen LogP contribution < -0.4 is 4.74 Å².